The van der Waals surface area contributed by atoms with Crippen molar-refractivity contribution in [2.75, 3.05) is 38.3 Å². The molecule has 1 heterocycles. The number of hydrogen-bond acceptors (Lipinski definition) is 19. The number of hydrogen-bond donors (Lipinski definition) is 11. The number of aliphatic carboxylic acids is 5. The smallest absolute Gasteiger partial charge is 0.303 e. The van der Waals surface area contributed by atoms with Crippen molar-refractivity contribution in [1.82, 2.24) is 31.5 Å². The number of carboxylic acids is 5. The number of nitrogens with zero attached hydrogens (tertiary/aromatic N) is 1. The van der Waals surface area contributed by atoms with E-state index in [4.69, 9.17) is 15.6 Å². The molecule has 0 aromatic rings. The third kappa shape index (κ3) is 31.3. The molecule has 0 aliphatic carbocycles. The van der Waals surface area contributed by atoms with E-state index in [-0.39, 0.29) is 75.6 Å². The molecule has 0 spiro atoms. The van der Waals surface area contributed by atoms with Crippen molar-refractivity contribution in [3.63, 3.8) is 0 Å². The molecule has 1 aliphatic rings. The second kappa shape index (κ2) is 41.0. The number of carbonyl (C=O) groups excluding carboxylic acids is 11. The molecule has 1 aliphatic heterocycles. The van der Waals surface area contributed by atoms with Gasteiger partial charge >= 0.3 is 29.8 Å². The predicted molar refractivity (Wildman–Crippen MR) is 306 cm³/mol. The first-order valence-electron chi connectivity index (χ1n) is 28.7. The second-order valence-corrected chi connectivity index (χ2v) is 22.7. The molecule has 30 heteroatoms. The van der Waals surface area contributed by atoms with E-state index < -0.39 is 226 Å². The maximum absolute atomic E-state index is 13.9. The van der Waals surface area contributed by atoms with E-state index >= 15 is 0 Å². The Kier molecular flexibility index (Phi) is 36.6. The van der Waals surface area contributed by atoms with Crippen LogP contribution < -0.4 is 32.3 Å². The fourth-order valence-corrected chi connectivity index (χ4v) is 9.91. The van der Waals surface area contributed by atoms with Crippen molar-refractivity contribution in [2.45, 2.75) is 192 Å². The van der Waals surface area contributed by atoms with Gasteiger partial charge in [0.05, 0.1) is 36.6 Å². The summed E-state index contributed by atoms with van der Waals surface area (Å²) in [6, 6.07) is -7.40. The van der Waals surface area contributed by atoms with Gasteiger partial charge in [0.1, 0.15) is 24.5 Å². The number of ketones is 5. The molecule has 29 nitrogen and oxygen atoms in total. The lowest BCUT2D eigenvalue weighted by atomic mass is 9.89. The highest BCUT2D eigenvalue weighted by Crippen LogP contribution is 2.22. The highest BCUT2D eigenvalue weighted by molar-refractivity contribution is 7.98. The van der Waals surface area contributed by atoms with Crippen LogP contribution >= 0.6 is 11.8 Å². The number of Topliss-reactive ketones (excluding diaryl/α,β-unsaturated/α-hetero) is 5. The topological polar surface area (TPSA) is 473 Å². The van der Waals surface area contributed by atoms with Crippen LogP contribution in [-0.2, 0) is 81.4 Å². The van der Waals surface area contributed by atoms with Crippen LogP contribution in [0.4, 0.5) is 0 Å². The van der Waals surface area contributed by atoms with E-state index in [1.54, 1.807) is 13.2 Å². The van der Waals surface area contributed by atoms with Gasteiger partial charge in [-0.25, -0.2) is 0 Å². The van der Waals surface area contributed by atoms with Crippen molar-refractivity contribution in [3.8, 4) is 0 Å². The van der Waals surface area contributed by atoms with Crippen molar-refractivity contribution in [3.05, 3.63) is 0 Å². The fraction of sp³-hybridized carbons (Fsp3) is 0.714. The number of nitrogens with one attached hydrogen (secondary N) is 5. The summed E-state index contributed by atoms with van der Waals surface area (Å²) in [6.45, 7) is 6.01. The van der Waals surface area contributed by atoms with Gasteiger partial charge in [0.25, 0.3) is 0 Å². The first kappa shape index (κ1) is 76.8. The van der Waals surface area contributed by atoms with Crippen LogP contribution in [0.25, 0.3) is 0 Å². The van der Waals surface area contributed by atoms with Crippen LogP contribution in [0.1, 0.15) is 156 Å². The first-order chi connectivity index (χ1) is 40.4. The second-order valence-electron chi connectivity index (χ2n) is 21.7. The normalized spacial score (nSPS) is 15.7. The minimum atomic E-state index is -1.70. The maximum atomic E-state index is 13.9. The first-order valence-corrected chi connectivity index (χ1v) is 30.1. The molecule has 12 N–H and O–H groups in total. The average molecular weight is 1240 g/mol. The van der Waals surface area contributed by atoms with Gasteiger partial charge in [-0.1, -0.05) is 20.8 Å². The largest absolute Gasteiger partial charge is 0.481 e. The Labute approximate surface area is 502 Å². The Morgan fingerprint density at radius 3 is 1.58 bits per heavy atom. The molecule has 0 radical (unpaired) electrons. The van der Waals surface area contributed by atoms with Crippen LogP contribution in [0.2, 0.25) is 0 Å². The van der Waals surface area contributed by atoms with E-state index in [1.807, 2.05) is 20.8 Å². The quantitative estimate of drug-likeness (QED) is 0.0371. The average Bonchev–Trinajstić information content (AvgIpc) is 3.73. The zero-order valence-corrected chi connectivity index (χ0v) is 50.4. The lowest BCUT2D eigenvalue weighted by molar-refractivity contribution is -0.143. The number of nitrogens with two attached hydrogens (primary N) is 1. The van der Waals surface area contributed by atoms with Crippen molar-refractivity contribution in [1.29, 1.82) is 0 Å². The van der Waals surface area contributed by atoms with Crippen LogP contribution in [0.3, 0.4) is 0 Å². The molecule has 1 unspecified atom stereocenters. The van der Waals surface area contributed by atoms with E-state index in [9.17, 15) is 97.1 Å². The Bertz CT molecular complexity index is 2400. The summed E-state index contributed by atoms with van der Waals surface area (Å²) in [5.74, 6) is -18.0. The standard InChI is InChI=1S/C56H87N7O22S/c1-6-9-42(65)32(4)59-54(82)35(30-86-5)25-36(64)28-58-55(83)40(24-31(2)3)62-56(84)41-10-7-22-63(41)46(69)29-85-23-8-11-43(66)38(15-20-50(76)77)60-53(81)34(13-18-48(72)73)27-45(68)39(16-21-51(78)79)61-52(80)33(12-17-47(70)71)26-44(67)37(57)14-19-49(74)75/h31-35,37-41H,6-30,57H2,1-5H3,(H,58,83)(H,59,82)(H,60,81)(H,61,80)(H,62,84)(H,70,71)(H,72,73)(H,74,75)(H,76,77)(H,78,79)/t32-,33-,34-,35-,37+,38+,39+,40-,41?/m0/s1. The number of thioether (sulfide) groups is 1. The number of amides is 6. The molecule has 6 amide bonds. The van der Waals surface area contributed by atoms with Gasteiger partial charge in [-0.3, -0.25) is 76.7 Å². The monoisotopic (exact) mass is 1240 g/mol. The Morgan fingerprint density at radius 2 is 1.07 bits per heavy atom. The SMILES string of the molecule is CCCC(=O)[C@H](C)NC(=O)[C@H](CSC)CC(=O)CNC(=O)[C@H](CC(C)C)NC(=O)C1CCCN1C(=O)COCCCC(=O)[C@@H](CCC(=O)O)NC(=O)[C@@H](CCC(=O)O)CC(=O)[C@@H](CCC(=O)O)NC(=O)[C@@H](CCC(=O)O)CC(=O)[C@H](N)CCC(=O)O. The van der Waals surface area contributed by atoms with Crippen LogP contribution in [0.15, 0.2) is 0 Å². The molecular formula is C56H87N7O22S. The summed E-state index contributed by atoms with van der Waals surface area (Å²) in [4.78, 5) is 205. The van der Waals surface area contributed by atoms with E-state index in [0.717, 1.165) is 0 Å². The summed E-state index contributed by atoms with van der Waals surface area (Å²) < 4.78 is 5.55. The minimum absolute atomic E-state index is 0.0755. The third-order valence-corrected chi connectivity index (χ3v) is 14.7. The zero-order chi connectivity index (χ0) is 65.2. The molecule has 0 bridgehead atoms. The predicted octanol–water partition coefficient (Wildman–Crippen LogP) is 0.574. The molecule has 0 aromatic carbocycles. The van der Waals surface area contributed by atoms with Gasteiger partial charge < -0.3 is 67.5 Å². The van der Waals surface area contributed by atoms with E-state index in [0.29, 0.717) is 12.8 Å². The summed E-state index contributed by atoms with van der Waals surface area (Å²) in [5, 5.41) is 59.2. The van der Waals surface area contributed by atoms with Crippen molar-refractivity contribution >= 4 is 106 Å². The zero-order valence-electron chi connectivity index (χ0n) is 49.6. The molecule has 484 valence electrons. The fourth-order valence-electron chi connectivity index (χ4n) is 9.24. The van der Waals surface area contributed by atoms with Gasteiger partial charge in [0.2, 0.25) is 35.4 Å². The molecule has 1 rings (SSSR count). The highest BCUT2D eigenvalue weighted by atomic mass is 32.2. The molecular weight excluding hydrogens is 1150 g/mol. The summed E-state index contributed by atoms with van der Waals surface area (Å²) in [6.07, 6.45) is -4.28. The number of rotatable bonds is 48. The number of carbonyl (C=O) groups is 16. The molecule has 1 saturated heterocycles. The number of carboxylic acid groups (broad SMARTS) is 5. The van der Waals surface area contributed by atoms with Crippen LogP contribution in [-0.4, -0.2) is 199 Å². The van der Waals surface area contributed by atoms with Crippen LogP contribution in [0.5, 0.6) is 0 Å². The van der Waals surface area contributed by atoms with Crippen molar-refractivity contribution in [2.24, 2.45) is 29.4 Å². The Hall–Kier alpha value is -7.21. The van der Waals surface area contributed by atoms with Gasteiger partial charge in [0.15, 0.2) is 23.1 Å². The summed E-state index contributed by atoms with van der Waals surface area (Å²) in [7, 11) is 0. The van der Waals surface area contributed by atoms with Gasteiger partial charge in [-0.05, 0) is 83.3 Å². The van der Waals surface area contributed by atoms with Gasteiger partial charge in [-0.2, -0.15) is 11.8 Å². The molecule has 9 atom stereocenters. The molecule has 1 fully saturated rings. The Morgan fingerprint density at radius 1 is 0.570 bits per heavy atom. The maximum Gasteiger partial charge on any atom is 0.303 e. The molecule has 0 saturated carbocycles. The minimum Gasteiger partial charge on any atom is -0.481 e. The Balaban J connectivity index is 3.09. The summed E-state index contributed by atoms with van der Waals surface area (Å²) in [5.41, 5.74) is 5.80. The lowest BCUT2D eigenvalue weighted by Crippen LogP contribution is -2.54. The van der Waals surface area contributed by atoms with Crippen LogP contribution in [0, 0.1) is 23.7 Å². The van der Waals surface area contributed by atoms with Crippen molar-refractivity contribution < 1.29 is 107 Å². The van der Waals surface area contributed by atoms with Gasteiger partial charge in [-0.15, -0.1) is 0 Å². The molecule has 86 heavy (non-hydrogen) atoms. The molecule has 0 aromatic heterocycles. The number of likely N-dealkylation sites (tertiary alicyclic amines) is 1. The number of ether oxygens (including phenoxy) is 1. The lowest BCUT2D eigenvalue weighted by Gasteiger charge is -2.27. The van der Waals surface area contributed by atoms with Gasteiger partial charge in [0, 0.05) is 94.9 Å². The van der Waals surface area contributed by atoms with E-state index in [2.05, 4.69) is 26.6 Å². The van der Waals surface area contributed by atoms with E-state index in [1.165, 1.54) is 16.7 Å². The third-order valence-electron chi connectivity index (χ3n) is 14.0. The summed E-state index contributed by atoms with van der Waals surface area (Å²) >= 11 is 1.34. The highest BCUT2D eigenvalue weighted by Gasteiger charge is 2.37.